The van der Waals surface area contributed by atoms with Gasteiger partial charge in [-0.15, -0.1) is 0 Å². The molecule has 0 amide bonds. The van der Waals surface area contributed by atoms with Crippen LogP contribution in [-0.2, 0) is 12.0 Å². The highest BCUT2D eigenvalue weighted by Crippen LogP contribution is 2.30. The van der Waals surface area contributed by atoms with E-state index in [1.54, 1.807) is 0 Å². The number of fused-ring (bicyclic) bond motifs is 1. The largest absolute Gasteiger partial charge is 0.391 e. The fourth-order valence-electron chi connectivity index (χ4n) is 3.43. The standard InChI is InChI=1S/C21H27N5O/c1-14-5-7-15(8-6-14)11-26-13-22-17-18(25-10-9-16(27)12-25)23-20(21(2,3)4)24-19(17)26/h5-8,13,16,27H,9-12H2,1-4H3. The van der Waals surface area contributed by atoms with Crippen molar-refractivity contribution in [2.75, 3.05) is 18.0 Å². The molecule has 1 aliphatic heterocycles. The smallest absolute Gasteiger partial charge is 0.166 e. The van der Waals surface area contributed by atoms with E-state index in [0.29, 0.717) is 6.54 Å². The van der Waals surface area contributed by atoms with E-state index < -0.39 is 0 Å². The molecule has 6 nitrogen and oxygen atoms in total. The molecule has 0 aliphatic carbocycles. The van der Waals surface area contributed by atoms with Gasteiger partial charge in [0.2, 0.25) is 0 Å². The summed E-state index contributed by atoms with van der Waals surface area (Å²) in [5.74, 6) is 1.64. The third-order valence-electron chi connectivity index (χ3n) is 5.05. The van der Waals surface area contributed by atoms with Crippen molar-refractivity contribution in [1.82, 2.24) is 19.5 Å². The summed E-state index contributed by atoms with van der Waals surface area (Å²) in [5, 5.41) is 9.97. The Hall–Kier alpha value is -2.47. The predicted molar refractivity (Wildman–Crippen MR) is 107 cm³/mol. The van der Waals surface area contributed by atoms with Crippen LogP contribution in [0, 0.1) is 6.92 Å². The molecular weight excluding hydrogens is 338 g/mol. The summed E-state index contributed by atoms with van der Waals surface area (Å²) in [5.41, 5.74) is 3.96. The number of hydrogen-bond acceptors (Lipinski definition) is 5. The number of anilines is 1. The van der Waals surface area contributed by atoms with Gasteiger partial charge in [-0.3, -0.25) is 0 Å². The summed E-state index contributed by atoms with van der Waals surface area (Å²) in [6.45, 7) is 10.6. The number of β-amino-alcohol motifs (C(OH)–C–C–N with tert-alkyl or cyclic N) is 1. The van der Waals surface area contributed by atoms with Crippen LogP contribution in [0.15, 0.2) is 30.6 Å². The van der Waals surface area contributed by atoms with Gasteiger partial charge >= 0.3 is 0 Å². The van der Waals surface area contributed by atoms with E-state index in [2.05, 4.69) is 66.4 Å². The van der Waals surface area contributed by atoms with Crippen LogP contribution in [0.2, 0.25) is 0 Å². The van der Waals surface area contributed by atoms with E-state index in [0.717, 1.165) is 42.3 Å². The first kappa shape index (κ1) is 17.9. The number of nitrogens with zero attached hydrogens (tertiary/aromatic N) is 5. The molecule has 0 spiro atoms. The number of aliphatic hydroxyl groups excluding tert-OH is 1. The van der Waals surface area contributed by atoms with E-state index in [9.17, 15) is 5.11 Å². The summed E-state index contributed by atoms with van der Waals surface area (Å²) >= 11 is 0. The number of aryl methyl sites for hydroxylation is 1. The van der Waals surface area contributed by atoms with E-state index in [-0.39, 0.29) is 11.5 Å². The zero-order valence-electron chi connectivity index (χ0n) is 16.5. The van der Waals surface area contributed by atoms with Gasteiger partial charge in [0.15, 0.2) is 17.0 Å². The Morgan fingerprint density at radius 1 is 1.15 bits per heavy atom. The van der Waals surface area contributed by atoms with E-state index in [1.807, 2.05) is 6.33 Å². The summed E-state index contributed by atoms with van der Waals surface area (Å²) in [4.78, 5) is 16.5. The van der Waals surface area contributed by atoms with Crippen molar-refractivity contribution in [2.24, 2.45) is 0 Å². The Kier molecular flexibility index (Phi) is 4.38. The summed E-state index contributed by atoms with van der Waals surface area (Å²) in [6, 6.07) is 8.54. The van der Waals surface area contributed by atoms with Crippen LogP contribution in [0.3, 0.4) is 0 Å². The number of hydrogen-bond donors (Lipinski definition) is 1. The minimum Gasteiger partial charge on any atom is -0.391 e. The van der Waals surface area contributed by atoms with Crippen molar-refractivity contribution in [3.63, 3.8) is 0 Å². The second kappa shape index (κ2) is 6.60. The Bertz CT molecular complexity index is 955. The summed E-state index contributed by atoms with van der Waals surface area (Å²) < 4.78 is 2.09. The number of aromatic nitrogens is 4. The second-order valence-corrected chi connectivity index (χ2v) is 8.54. The first-order valence-corrected chi connectivity index (χ1v) is 9.53. The van der Waals surface area contributed by atoms with Gasteiger partial charge in [-0.25, -0.2) is 15.0 Å². The minimum atomic E-state index is -0.303. The third kappa shape index (κ3) is 3.54. The number of imidazole rings is 1. The molecule has 6 heteroatoms. The average molecular weight is 365 g/mol. The molecule has 1 aromatic carbocycles. The van der Waals surface area contributed by atoms with Gasteiger partial charge in [0, 0.05) is 18.5 Å². The molecule has 1 fully saturated rings. The van der Waals surface area contributed by atoms with Crippen molar-refractivity contribution in [2.45, 2.75) is 52.2 Å². The molecule has 1 unspecified atom stereocenters. The molecule has 27 heavy (non-hydrogen) atoms. The van der Waals surface area contributed by atoms with E-state index >= 15 is 0 Å². The molecule has 0 radical (unpaired) electrons. The van der Waals surface area contributed by atoms with Gasteiger partial charge in [-0.2, -0.15) is 0 Å². The Balaban J connectivity index is 1.81. The lowest BCUT2D eigenvalue weighted by Gasteiger charge is -2.22. The maximum atomic E-state index is 9.97. The van der Waals surface area contributed by atoms with Crippen LogP contribution >= 0.6 is 0 Å². The van der Waals surface area contributed by atoms with Crippen LogP contribution in [-0.4, -0.2) is 43.8 Å². The number of rotatable bonds is 3. The van der Waals surface area contributed by atoms with Crippen LogP contribution in [0.25, 0.3) is 11.2 Å². The Morgan fingerprint density at radius 3 is 2.52 bits per heavy atom. The molecule has 3 heterocycles. The molecule has 0 saturated carbocycles. The van der Waals surface area contributed by atoms with Crippen LogP contribution < -0.4 is 4.90 Å². The molecule has 1 N–H and O–H groups in total. The van der Waals surface area contributed by atoms with Crippen molar-refractivity contribution in [3.05, 3.63) is 47.5 Å². The van der Waals surface area contributed by atoms with Crippen molar-refractivity contribution >= 4 is 17.0 Å². The van der Waals surface area contributed by atoms with Crippen LogP contribution in [0.1, 0.15) is 44.1 Å². The molecule has 2 aromatic heterocycles. The summed E-state index contributed by atoms with van der Waals surface area (Å²) in [6.07, 6.45) is 2.31. The van der Waals surface area contributed by atoms with Gasteiger partial charge < -0.3 is 14.6 Å². The van der Waals surface area contributed by atoms with Gasteiger partial charge in [0.25, 0.3) is 0 Å². The topological polar surface area (TPSA) is 67.1 Å². The maximum absolute atomic E-state index is 9.97. The predicted octanol–water partition coefficient (Wildman–Crippen LogP) is 3.05. The highest BCUT2D eigenvalue weighted by molar-refractivity contribution is 5.84. The first-order chi connectivity index (χ1) is 12.8. The van der Waals surface area contributed by atoms with Crippen molar-refractivity contribution < 1.29 is 5.11 Å². The van der Waals surface area contributed by atoms with Crippen molar-refractivity contribution in [1.29, 1.82) is 0 Å². The monoisotopic (exact) mass is 365 g/mol. The van der Waals surface area contributed by atoms with Gasteiger partial charge in [0.1, 0.15) is 5.82 Å². The molecular formula is C21H27N5O. The fourth-order valence-corrected chi connectivity index (χ4v) is 3.43. The highest BCUT2D eigenvalue weighted by atomic mass is 16.3. The molecule has 142 valence electrons. The van der Waals surface area contributed by atoms with Crippen molar-refractivity contribution in [3.8, 4) is 0 Å². The number of benzene rings is 1. The maximum Gasteiger partial charge on any atom is 0.166 e. The van der Waals surface area contributed by atoms with E-state index in [1.165, 1.54) is 11.1 Å². The first-order valence-electron chi connectivity index (χ1n) is 9.53. The van der Waals surface area contributed by atoms with Gasteiger partial charge in [0.05, 0.1) is 19.0 Å². The minimum absolute atomic E-state index is 0.166. The fraction of sp³-hybridized carbons (Fsp3) is 0.476. The molecule has 4 rings (SSSR count). The Morgan fingerprint density at radius 2 is 1.89 bits per heavy atom. The molecule has 1 saturated heterocycles. The van der Waals surface area contributed by atoms with E-state index in [4.69, 9.17) is 9.97 Å². The quantitative estimate of drug-likeness (QED) is 0.773. The normalized spacial score (nSPS) is 17.8. The lowest BCUT2D eigenvalue weighted by Crippen LogP contribution is -2.25. The zero-order valence-corrected chi connectivity index (χ0v) is 16.5. The second-order valence-electron chi connectivity index (χ2n) is 8.54. The van der Waals surface area contributed by atoms with Crippen LogP contribution in [0.4, 0.5) is 5.82 Å². The molecule has 1 atom stereocenters. The molecule has 0 bridgehead atoms. The SMILES string of the molecule is Cc1ccc(Cn2cnc3c(N4CCC(O)C4)nc(C(C)(C)C)nc32)cc1. The lowest BCUT2D eigenvalue weighted by atomic mass is 9.96. The average Bonchev–Trinajstić information content (AvgIpc) is 3.22. The van der Waals surface area contributed by atoms with Gasteiger partial charge in [-0.05, 0) is 18.9 Å². The van der Waals surface area contributed by atoms with Gasteiger partial charge in [-0.1, -0.05) is 50.6 Å². The number of aliphatic hydroxyl groups is 1. The molecule has 1 aliphatic rings. The summed E-state index contributed by atoms with van der Waals surface area (Å²) in [7, 11) is 0. The zero-order chi connectivity index (χ0) is 19.2. The molecule has 3 aromatic rings. The highest BCUT2D eigenvalue weighted by Gasteiger charge is 2.28. The lowest BCUT2D eigenvalue weighted by molar-refractivity contribution is 0.198. The Labute approximate surface area is 159 Å². The van der Waals surface area contributed by atoms with Crippen LogP contribution in [0.5, 0.6) is 0 Å². The third-order valence-corrected chi connectivity index (χ3v) is 5.05.